The fourth-order valence-electron chi connectivity index (χ4n) is 2.16. The summed E-state index contributed by atoms with van der Waals surface area (Å²) < 4.78 is 45.9. The van der Waals surface area contributed by atoms with Crippen LogP contribution < -0.4 is 4.74 Å². The minimum Gasteiger partial charge on any atom is -0.457 e. The molecule has 0 saturated carbocycles. The second kappa shape index (κ2) is 6.88. The molecule has 3 aromatic rings. The highest BCUT2D eigenvalue weighted by Gasteiger charge is 2.17. The molecular formula is C16H14F3N5O. The van der Waals surface area contributed by atoms with Crippen LogP contribution in [0.25, 0.3) is 5.69 Å². The summed E-state index contributed by atoms with van der Waals surface area (Å²) in [6, 6.07) is 3.58. The highest BCUT2D eigenvalue weighted by atomic mass is 19.3. The molecule has 0 bridgehead atoms. The van der Waals surface area contributed by atoms with Crippen molar-refractivity contribution >= 4 is 0 Å². The molecule has 2 aromatic heterocycles. The predicted octanol–water partition coefficient (Wildman–Crippen LogP) is 3.33. The van der Waals surface area contributed by atoms with Crippen LogP contribution in [0.5, 0.6) is 6.01 Å². The highest BCUT2D eigenvalue weighted by Crippen LogP contribution is 2.25. The molecule has 0 atom stereocenters. The van der Waals surface area contributed by atoms with Crippen molar-refractivity contribution in [3.63, 3.8) is 0 Å². The van der Waals surface area contributed by atoms with Crippen molar-refractivity contribution in [1.82, 2.24) is 25.0 Å². The van der Waals surface area contributed by atoms with Crippen LogP contribution in [0.3, 0.4) is 0 Å². The number of rotatable bonds is 5. The van der Waals surface area contributed by atoms with Crippen LogP contribution in [0.15, 0.2) is 30.6 Å². The average Bonchev–Trinajstić information content (AvgIpc) is 2.95. The van der Waals surface area contributed by atoms with Gasteiger partial charge in [0, 0.05) is 12.4 Å². The summed E-state index contributed by atoms with van der Waals surface area (Å²) in [6.07, 6.45) is 0.331. The van der Waals surface area contributed by atoms with Gasteiger partial charge in [-0.25, -0.2) is 27.8 Å². The largest absolute Gasteiger partial charge is 0.457 e. The molecule has 0 unspecified atom stereocenters. The smallest absolute Gasteiger partial charge is 0.316 e. The van der Waals surface area contributed by atoms with Gasteiger partial charge in [-0.3, -0.25) is 0 Å². The van der Waals surface area contributed by atoms with Gasteiger partial charge in [-0.2, -0.15) is 0 Å². The van der Waals surface area contributed by atoms with Gasteiger partial charge in [0.1, 0.15) is 18.1 Å². The fraction of sp³-hybridized carbons (Fsp3) is 0.250. The van der Waals surface area contributed by atoms with Crippen molar-refractivity contribution in [3.05, 3.63) is 58.9 Å². The molecule has 9 heteroatoms. The standard InChI is InChI=1S/C16H14F3N5O/c1-9-6-20-16(21-7-9)25-8-14-10(2)24(23-22-14)11-3-4-13(17)12(5-11)15(18)19/h3-7,15H,8H2,1-2H3. The molecule has 6 nitrogen and oxygen atoms in total. The van der Waals surface area contributed by atoms with Crippen molar-refractivity contribution in [1.29, 1.82) is 0 Å². The van der Waals surface area contributed by atoms with Gasteiger partial charge in [-0.1, -0.05) is 5.21 Å². The molecule has 0 spiro atoms. The third-order valence-electron chi connectivity index (χ3n) is 3.54. The monoisotopic (exact) mass is 349 g/mol. The second-order valence-corrected chi connectivity index (χ2v) is 5.37. The quantitative estimate of drug-likeness (QED) is 0.707. The van der Waals surface area contributed by atoms with E-state index >= 15 is 0 Å². The van der Waals surface area contributed by atoms with Crippen molar-refractivity contribution < 1.29 is 17.9 Å². The molecule has 0 N–H and O–H groups in total. The van der Waals surface area contributed by atoms with Crippen LogP contribution in [0.2, 0.25) is 0 Å². The van der Waals surface area contributed by atoms with Crippen LogP contribution >= 0.6 is 0 Å². The van der Waals surface area contributed by atoms with Gasteiger partial charge in [0.05, 0.1) is 16.9 Å². The Hall–Kier alpha value is -2.97. The third kappa shape index (κ3) is 3.59. The average molecular weight is 349 g/mol. The van der Waals surface area contributed by atoms with E-state index < -0.39 is 17.8 Å². The lowest BCUT2D eigenvalue weighted by atomic mass is 10.2. The number of ether oxygens (including phenoxy) is 1. The molecule has 0 aliphatic carbocycles. The Bertz CT molecular complexity index is 880. The maximum absolute atomic E-state index is 13.4. The SMILES string of the molecule is Cc1cnc(OCc2nnn(-c3ccc(F)c(C(F)F)c3)c2C)nc1. The third-order valence-corrected chi connectivity index (χ3v) is 3.54. The van der Waals surface area contributed by atoms with Crippen molar-refractivity contribution in [3.8, 4) is 11.7 Å². The van der Waals surface area contributed by atoms with Gasteiger partial charge >= 0.3 is 6.01 Å². The van der Waals surface area contributed by atoms with Crippen LogP contribution in [0.4, 0.5) is 13.2 Å². The molecular weight excluding hydrogens is 335 g/mol. The molecule has 0 amide bonds. The van der Waals surface area contributed by atoms with Gasteiger partial charge in [-0.05, 0) is 37.6 Å². The van der Waals surface area contributed by atoms with E-state index in [1.54, 1.807) is 19.3 Å². The van der Waals surface area contributed by atoms with E-state index in [2.05, 4.69) is 20.3 Å². The number of halogens is 3. The van der Waals surface area contributed by atoms with E-state index in [1.165, 1.54) is 10.7 Å². The maximum atomic E-state index is 13.4. The van der Waals surface area contributed by atoms with Gasteiger partial charge in [0.25, 0.3) is 6.43 Å². The molecule has 0 fully saturated rings. The molecule has 1 aromatic carbocycles. The lowest BCUT2D eigenvalue weighted by molar-refractivity contribution is 0.146. The molecule has 0 radical (unpaired) electrons. The van der Waals surface area contributed by atoms with Crippen molar-refractivity contribution in [2.75, 3.05) is 0 Å². The van der Waals surface area contributed by atoms with E-state index in [4.69, 9.17) is 4.74 Å². The number of hydrogen-bond acceptors (Lipinski definition) is 5. The van der Waals surface area contributed by atoms with E-state index in [0.717, 1.165) is 17.7 Å². The topological polar surface area (TPSA) is 65.7 Å². The molecule has 0 aliphatic heterocycles. The number of aromatic nitrogens is 5. The Morgan fingerprint density at radius 1 is 1.16 bits per heavy atom. The molecule has 25 heavy (non-hydrogen) atoms. The number of hydrogen-bond donors (Lipinski definition) is 0. The first-order valence-electron chi connectivity index (χ1n) is 7.36. The summed E-state index contributed by atoms with van der Waals surface area (Å²) >= 11 is 0. The van der Waals surface area contributed by atoms with Crippen LogP contribution in [0, 0.1) is 19.7 Å². The Labute approximate surface area is 141 Å². The van der Waals surface area contributed by atoms with Gasteiger partial charge < -0.3 is 4.74 Å². The highest BCUT2D eigenvalue weighted by molar-refractivity contribution is 5.38. The lowest BCUT2D eigenvalue weighted by Gasteiger charge is -2.08. The van der Waals surface area contributed by atoms with Gasteiger partial charge in [0.15, 0.2) is 0 Å². The zero-order valence-corrected chi connectivity index (χ0v) is 13.4. The predicted molar refractivity (Wildman–Crippen MR) is 82.1 cm³/mol. The number of benzene rings is 1. The lowest BCUT2D eigenvalue weighted by Crippen LogP contribution is -2.04. The van der Waals surface area contributed by atoms with Crippen molar-refractivity contribution in [2.24, 2.45) is 0 Å². The first-order chi connectivity index (χ1) is 12.0. The van der Waals surface area contributed by atoms with Gasteiger partial charge in [-0.15, -0.1) is 5.10 Å². The molecule has 0 aliphatic rings. The van der Waals surface area contributed by atoms with E-state index in [1.807, 2.05) is 6.92 Å². The van der Waals surface area contributed by atoms with E-state index in [-0.39, 0.29) is 12.6 Å². The Kier molecular flexibility index (Phi) is 4.64. The van der Waals surface area contributed by atoms with Crippen LogP contribution in [-0.2, 0) is 6.61 Å². The Morgan fingerprint density at radius 3 is 2.56 bits per heavy atom. The second-order valence-electron chi connectivity index (χ2n) is 5.37. The minimum absolute atomic E-state index is 0.0673. The summed E-state index contributed by atoms with van der Waals surface area (Å²) in [6.45, 7) is 3.63. The normalized spacial score (nSPS) is 11.1. The first kappa shape index (κ1) is 16.9. The van der Waals surface area contributed by atoms with Crippen LogP contribution in [0.1, 0.15) is 28.9 Å². The molecule has 0 saturated heterocycles. The minimum atomic E-state index is -2.91. The van der Waals surface area contributed by atoms with Crippen molar-refractivity contribution in [2.45, 2.75) is 26.9 Å². The Morgan fingerprint density at radius 2 is 1.88 bits per heavy atom. The van der Waals surface area contributed by atoms with Gasteiger partial charge in [0.2, 0.25) is 0 Å². The number of nitrogens with zero attached hydrogens (tertiary/aromatic N) is 5. The summed E-state index contributed by atoms with van der Waals surface area (Å²) in [5.74, 6) is -0.961. The number of alkyl halides is 2. The Balaban J connectivity index is 1.81. The zero-order chi connectivity index (χ0) is 18.0. The summed E-state index contributed by atoms with van der Waals surface area (Å²) in [4.78, 5) is 8.03. The number of aryl methyl sites for hydroxylation is 1. The summed E-state index contributed by atoms with van der Waals surface area (Å²) in [5.41, 5.74) is 1.59. The van der Waals surface area contributed by atoms with E-state index in [9.17, 15) is 13.2 Å². The first-order valence-corrected chi connectivity index (χ1v) is 7.36. The fourth-order valence-corrected chi connectivity index (χ4v) is 2.16. The zero-order valence-electron chi connectivity index (χ0n) is 13.4. The van der Waals surface area contributed by atoms with Crippen LogP contribution in [-0.4, -0.2) is 25.0 Å². The summed E-state index contributed by atoms with van der Waals surface area (Å²) in [7, 11) is 0. The molecule has 130 valence electrons. The maximum Gasteiger partial charge on any atom is 0.316 e. The summed E-state index contributed by atoms with van der Waals surface area (Å²) in [5, 5.41) is 7.89. The molecule has 2 heterocycles. The molecule has 3 rings (SSSR count). The van der Waals surface area contributed by atoms with E-state index in [0.29, 0.717) is 17.1 Å².